The second-order valence-corrected chi connectivity index (χ2v) is 5.16. The number of aromatic nitrogens is 4. The van der Waals surface area contributed by atoms with Crippen LogP contribution in [0.3, 0.4) is 0 Å². The van der Waals surface area contributed by atoms with E-state index in [-0.39, 0.29) is 19.7 Å². The summed E-state index contributed by atoms with van der Waals surface area (Å²) < 4.78 is 6.56. The van der Waals surface area contributed by atoms with E-state index in [4.69, 9.17) is 9.84 Å². The topological polar surface area (TPSA) is 119 Å². The smallest absolute Gasteiger partial charge is 0.325 e. The maximum Gasteiger partial charge on any atom is 0.325 e. The molecule has 0 aliphatic rings. The molecule has 0 spiro atoms. The van der Waals surface area contributed by atoms with Gasteiger partial charge in [-0.15, -0.1) is 0 Å². The number of nitrogens with one attached hydrogen (secondary N) is 1. The van der Waals surface area contributed by atoms with Gasteiger partial charge in [-0.3, -0.25) is 9.59 Å². The third kappa shape index (κ3) is 4.08. The van der Waals surface area contributed by atoms with E-state index < -0.39 is 11.9 Å². The lowest BCUT2D eigenvalue weighted by atomic mass is 10.2. The minimum absolute atomic E-state index is 0.0925. The van der Waals surface area contributed by atoms with Gasteiger partial charge in [0.2, 0.25) is 0 Å². The molecule has 25 heavy (non-hydrogen) atoms. The summed E-state index contributed by atoms with van der Waals surface area (Å²) in [7, 11) is 0. The molecule has 2 heterocycles. The first-order valence-corrected chi connectivity index (χ1v) is 7.44. The number of hydrogen-bond acceptors (Lipinski definition) is 7. The van der Waals surface area contributed by atoms with Crippen molar-refractivity contribution < 1.29 is 19.4 Å². The molecule has 0 fully saturated rings. The van der Waals surface area contributed by atoms with Crippen molar-refractivity contribution in [2.75, 3.05) is 11.9 Å². The summed E-state index contributed by atoms with van der Waals surface area (Å²) in [6.07, 6.45) is 2.65. The van der Waals surface area contributed by atoms with Crippen molar-refractivity contribution >= 4 is 28.9 Å². The van der Waals surface area contributed by atoms with Crippen LogP contribution in [0.25, 0.3) is 11.2 Å². The van der Waals surface area contributed by atoms with Crippen molar-refractivity contribution in [1.82, 2.24) is 19.5 Å². The highest BCUT2D eigenvalue weighted by molar-refractivity contribution is 5.85. The third-order valence-corrected chi connectivity index (χ3v) is 3.35. The van der Waals surface area contributed by atoms with Crippen molar-refractivity contribution in [2.45, 2.75) is 13.2 Å². The number of rotatable bonds is 7. The van der Waals surface area contributed by atoms with Gasteiger partial charge < -0.3 is 19.7 Å². The second kappa shape index (κ2) is 7.39. The van der Waals surface area contributed by atoms with Gasteiger partial charge in [0.05, 0.1) is 6.33 Å². The van der Waals surface area contributed by atoms with Crippen LogP contribution in [0.2, 0.25) is 0 Å². The maximum absolute atomic E-state index is 11.8. The predicted molar refractivity (Wildman–Crippen MR) is 87.7 cm³/mol. The Balaban J connectivity index is 1.62. The van der Waals surface area contributed by atoms with Crippen LogP contribution in [0.1, 0.15) is 5.56 Å². The second-order valence-electron chi connectivity index (χ2n) is 5.16. The van der Waals surface area contributed by atoms with Gasteiger partial charge in [-0.25, -0.2) is 15.0 Å². The Labute approximate surface area is 142 Å². The van der Waals surface area contributed by atoms with Gasteiger partial charge in [0.25, 0.3) is 0 Å². The fourth-order valence-corrected chi connectivity index (χ4v) is 2.22. The van der Waals surface area contributed by atoms with E-state index >= 15 is 0 Å². The van der Waals surface area contributed by atoms with E-state index in [0.29, 0.717) is 17.0 Å². The zero-order valence-corrected chi connectivity index (χ0v) is 13.1. The molecule has 0 bridgehead atoms. The van der Waals surface area contributed by atoms with E-state index in [1.165, 1.54) is 17.2 Å². The highest BCUT2D eigenvalue weighted by Crippen LogP contribution is 2.17. The Hall–Kier alpha value is -3.49. The fraction of sp³-hybridized carbons (Fsp3) is 0.188. The molecule has 0 amide bonds. The summed E-state index contributed by atoms with van der Waals surface area (Å²) in [6, 6.07) is 9.35. The zero-order valence-electron chi connectivity index (χ0n) is 13.1. The van der Waals surface area contributed by atoms with Crippen molar-refractivity contribution in [2.24, 2.45) is 0 Å². The molecule has 0 saturated carbocycles. The van der Waals surface area contributed by atoms with E-state index in [9.17, 15) is 9.59 Å². The molecule has 0 aliphatic heterocycles. The molecule has 0 unspecified atom stereocenters. The van der Waals surface area contributed by atoms with Crippen LogP contribution >= 0.6 is 0 Å². The summed E-state index contributed by atoms with van der Waals surface area (Å²) >= 11 is 0. The summed E-state index contributed by atoms with van der Waals surface area (Å²) in [4.78, 5) is 34.8. The van der Waals surface area contributed by atoms with E-state index in [1.54, 1.807) is 0 Å². The molecule has 128 valence electrons. The molecule has 9 heteroatoms. The van der Waals surface area contributed by atoms with E-state index in [2.05, 4.69) is 20.3 Å². The molecule has 2 aromatic heterocycles. The van der Waals surface area contributed by atoms with Crippen molar-refractivity contribution in [3.8, 4) is 0 Å². The third-order valence-electron chi connectivity index (χ3n) is 3.35. The molecule has 0 aliphatic carbocycles. The summed E-state index contributed by atoms with van der Waals surface area (Å²) in [5.41, 5.74) is 1.66. The average Bonchev–Trinajstić information content (AvgIpc) is 3.02. The minimum Gasteiger partial charge on any atom is -0.480 e. The number of anilines is 1. The summed E-state index contributed by atoms with van der Waals surface area (Å²) in [5.74, 6) is -1.11. The van der Waals surface area contributed by atoms with Crippen LogP contribution in [0, 0.1) is 0 Å². The van der Waals surface area contributed by atoms with Crippen LogP contribution in [0.4, 0.5) is 5.82 Å². The maximum atomic E-state index is 11.8. The fourth-order valence-electron chi connectivity index (χ4n) is 2.22. The quantitative estimate of drug-likeness (QED) is 0.612. The van der Waals surface area contributed by atoms with Crippen LogP contribution in [-0.4, -0.2) is 43.1 Å². The summed E-state index contributed by atoms with van der Waals surface area (Å²) in [6.45, 7) is -0.162. The van der Waals surface area contributed by atoms with Gasteiger partial charge in [-0.05, 0) is 5.56 Å². The van der Waals surface area contributed by atoms with E-state index in [1.807, 2.05) is 30.3 Å². The molecule has 0 radical (unpaired) electrons. The van der Waals surface area contributed by atoms with E-state index in [0.717, 1.165) is 5.56 Å². The highest BCUT2D eigenvalue weighted by Gasteiger charge is 2.13. The number of carbonyl (C=O) groups is 2. The molecule has 3 aromatic rings. The normalized spacial score (nSPS) is 10.6. The van der Waals surface area contributed by atoms with Gasteiger partial charge in [0.1, 0.15) is 31.5 Å². The molecule has 0 atom stereocenters. The molecular formula is C16H15N5O4. The number of hydrogen-bond donors (Lipinski definition) is 2. The number of benzene rings is 1. The minimum atomic E-state index is -1.00. The largest absolute Gasteiger partial charge is 0.480 e. The molecular weight excluding hydrogens is 326 g/mol. The van der Waals surface area contributed by atoms with Gasteiger partial charge in [0.15, 0.2) is 11.5 Å². The lowest BCUT2D eigenvalue weighted by Gasteiger charge is -2.07. The average molecular weight is 341 g/mol. The number of ether oxygens (including phenoxy) is 1. The number of fused-ring (bicyclic) bond motifs is 1. The van der Waals surface area contributed by atoms with Crippen molar-refractivity contribution in [1.29, 1.82) is 0 Å². The lowest BCUT2D eigenvalue weighted by molar-refractivity contribution is -0.142. The van der Waals surface area contributed by atoms with Gasteiger partial charge in [0, 0.05) is 0 Å². The standard InChI is InChI=1S/C16H15N5O4/c22-12(23)7-21-10-20-14-15(18-9-19-16(14)21)17-6-13(24)25-8-11-4-2-1-3-5-11/h1-5,9-10H,6-8H2,(H,22,23)(H,17,18,19). The monoisotopic (exact) mass is 341 g/mol. The predicted octanol–water partition coefficient (Wildman–Crippen LogP) is 1.07. The van der Waals surface area contributed by atoms with Gasteiger partial charge >= 0.3 is 11.9 Å². The van der Waals surface area contributed by atoms with Gasteiger partial charge in [-0.1, -0.05) is 30.3 Å². The van der Waals surface area contributed by atoms with Crippen LogP contribution in [0.15, 0.2) is 43.0 Å². The number of aliphatic carboxylic acids is 1. The van der Waals surface area contributed by atoms with Crippen molar-refractivity contribution in [3.05, 3.63) is 48.5 Å². The Bertz CT molecular complexity index is 894. The lowest BCUT2D eigenvalue weighted by Crippen LogP contribution is -2.17. The number of imidazole rings is 1. The Kier molecular flexibility index (Phi) is 4.84. The first-order chi connectivity index (χ1) is 12.1. The Morgan fingerprint density at radius 2 is 1.96 bits per heavy atom. The van der Waals surface area contributed by atoms with Crippen molar-refractivity contribution in [3.63, 3.8) is 0 Å². The number of esters is 1. The Morgan fingerprint density at radius 3 is 2.72 bits per heavy atom. The first kappa shape index (κ1) is 16.4. The van der Waals surface area contributed by atoms with Crippen LogP contribution in [0.5, 0.6) is 0 Å². The number of carbonyl (C=O) groups excluding carboxylic acids is 1. The zero-order chi connectivity index (χ0) is 17.6. The molecule has 9 nitrogen and oxygen atoms in total. The number of nitrogens with zero attached hydrogens (tertiary/aromatic N) is 4. The number of carboxylic acid groups (broad SMARTS) is 1. The summed E-state index contributed by atoms with van der Waals surface area (Å²) in [5, 5.41) is 11.7. The van der Waals surface area contributed by atoms with Gasteiger partial charge in [-0.2, -0.15) is 0 Å². The highest BCUT2D eigenvalue weighted by atomic mass is 16.5. The number of carboxylic acids is 1. The first-order valence-electron chi connectivity index (χ1n) is 7.44. The Morgan fingerprint density at radius 1 is 1.16 bits per heavy atom. The molecule has 3 rings (SSSR count). The van der Waals surface area contributed by atoms with Crippen LogP contribution in [-0.2, 0) is 27.5 Å². The molecule has 0 saturated heterocycles. The SMILES string of the molecule is O=C(O)Cn1cnc2c(NCC(=O)OCc3ccccc3)ncnc21. The molecule has 1 aromatic carbocycles. The molecule has 2 N–H and O–H groups in total. The van der Waals surface area contributed by atoms with Crippen LogP contribution < -0.4 is 5.32 Å².